The minimum absolute atomic E-state index is 0.0920. The molecule has 0 saturated carbocycles. The van der Waals surface area contributed by atoms with Gasteiger partial charge in [0.05, 0.1) is 5.39 Å². The summed E-state index contributed by atoms with van der Waals surface area (Å²) < 4.78 is 0. The van der Waals surface area contributed by atoms with Crippen molar-refractivity contribution in [2.24, 2.45) is 11.8 Å². The molecule has 1 aliphatic heterocycles. The Balaban J connectivity index is 1.96. The molecule has 1 aliphatic rings. The number of carbonyl (C=O) groups excluding carboxylic acids is 1. The topological polar surface area (TPSA) is 66.1 Å². The first-order valence-corrected chi connectivity index (χ1v) is 7.34. The van der Waals surface area contributed by atoms with Crippen LogP contribution in [-0.2, 0) is 0 Å². The third-order valence-corrected chi connectivity index (χ3v) is 4.35. The highest BCUT2D eigenvalue weighted by Crippen LogP contribution is 2.25. The van der Waals surface area contributed by atoms with Gasteiger partial charge in [-0.25, -0.2) is 5.10 Å². The van der Waals surface area contributed by atoms with E-state index in [1.807, 2.05) is 11.0 Å². The van der Waals surface area contributed by atoms with Crippen molar-refractivity contribution in [2.75, 3.05) is 13.1 Å². The van der Waals surface area contributed by atoms with E-state index in [0.717, 1.165) is 19.5 Å². The Morgan fingerprint density at radius 3 is 2.71 bits per heavy atom. The number of rotatable bonds is 2. The van der Waals surface area contributed by atoms with Gasteiger partial charge in [0, 0.05) is 18.5 Å². The molecule has 0 spiro atoms. The van der Waals surface area contributed by atoms with E-state index in [2.05, 4.69) is 24.0 Å². The molecule has 1 aromatic heterocycles. The van der Waals surface area contributed by atoms with Crippen molar-refractivity contribution in [2.45, 2.75) is 20.3 Å². The summed E-state index contributed by atoms with van der Waals surface area (Å²) in [4.78, 5) is 26.3. The standard InChI is InChI=1S/C16H19N3O2/c1-10(2)11-7-8-19(9-11)16(21)14-12-5-3-4-6-13(12)15(20)18-17-14/h3-6,10-11H,7-9H2,1-2H3,(H,18,20). The predicted molar refractivity (Wildman–Crippen MR) is 81.2 cm³/mol. The highest BCUT2D eigenvalue weighted by Gasteiger charge is 2.30. The molecule has 2 heterocycles. The summed E-state index contributed by atoms with van der Waals surface area (Å²) in [6.45, 7) is 5.90. The number of likely N-dealkylation sites (tertiary alicyclic amines) is 1. The largest absolute Gasteiger partial charge is 0.337 e. The van der Waals surface area contributed by atoms with Gasteiger partial charge in [0.25, 0.3) is 11.5 Å². The van der Waals surface area contributed by atoms with Gasteiger partial charge in [-0.2, -0.15) is 5.10 Å². The van der Waals surface area contributed by atoms with E-state index < -0.39 is 0 Å². The van der Waals surface area contributed by atoms with Gasteiger partial charge >= 0.3 is 0 Å². The SMILES string of the molecule is CC(C)C1CCN(C(=O)c2n[nH]c(=O)c3ccccc23)C1. The van der Waals surface area contributed by atoms with Gasteiger partial charge < -0.3 is 4.90 Å². The van der Waals surface area contributed by atoms with Crippen LogP contribution in [0.4, 0.5) is 0 Å². The number of H-pyrrole nitrogens is 1. The summed E-state index contributed by atoms with van der Waals surface area (Å²) in [5.41, 5.74) is 0.0817. The van der Waals surface area contributed by atoms with Gasteiger partial charge in [0.15, 0.2) is 5.69 Å². The highest BCUT2D eigenvalue weighted by atomic mass is 16.2. The number of hydrogen-bond donors (Lipinski definition) is 1. The van der Waals surface area contributed by atoms with E-state index in [1.165, 1.54) is 0 Å². The Morgan fingerprint density at radius 2 is 2.05 bits per heavy atom. The van der Waals surface area contributed by atoms with Crippen LogP contribution >= 0.6 is 0 Å². The van der Waals surface area contributed by atoms with Gasteiger partial charge in [0.1, 0.15) is 0 Å². The summed E-state index contributed by atoms with van der Waals surface area (Å²) in [5.74, 6) is 1.02. The van der Waals surface area contributed by atoms with Crippen molar-refractivity contribution in [3.05, 3.63) is 40.3 Å². The number of amides is 1. The second kappa shape index (κ2) is 5.31. The molecule has 3 rings (SSSR count). The predicted octanol–water partition coefficient (Wildman–Crippen LogP) is 2.04. The Labute approximate surface area is 123 Å². The number of fused-ring (bicyclic) bond motifs is 1. The van der Waals surface area contributed by atoms with Crippen LogP contribution in [0.3, 0.4) is 0 Å². The molecule has 1 amide bonds. The lowest BCUT2D eigenvalue weighted by Crippen LogP contribution is -2.31. The van der Waals surface area contributed by atoms with Crippen molar-refractivity contribution in [3.63, 3.8) is 0 Å². The maximum absolute atomic E-state index is 12.7. The number of aromatic amines is 1. The molecule has 5 nitrogen and oxygen atoms in total. The first kappa shape index (κ1) is 13.8. The molecule has 1 fully saturated rings. The Kier molecular flexibility index (Phi) is 3.49. The maximum atomic E-state index is 12.7. The zero-order valence-corrected chi connectivity index (χ0v) is 12.3. The second-order valence-electron chi connectivity index (χ2n) is 5.99. The smallest absolute Gasteiger partial charge is 0.274 e. The molecule has 1 aromatic carbocycles. The normalized spacial score (nSPS) is 18.6. The van der Waals surface area contributed by atoms with Crippen LogP contribution in [0.25, 0.3) is 10.8 Å². The quantitative estimate of drug-likeness (QED) is 0.918. The van der Waals surface area contributed by atoms with Gasteiger partial charge in [0.2, 0.25) is 0 Å². The van der Waals surface area contributed by atoms with Crippen molar-refractivity contribution in [1.29, 1.82) is 0 Å². The molecule has 21 heavy (non-hydrogen) atoms. The fraction of sp³-hybridized carbons (Fsp3) is 0.438. The molecule has 1 saturated heterocycles. The average molecular weight is 285 g/mol. The van der Waals surface area contributed by atoms with E-state index in [9.17, 15) is 9.59 Å². The number of nitrogens with zero attached hydrogens (tertiary/aromatic N) is 2. The Hall–Kier alpha value is -2.17. The molecular weight excluding hydrogens is 266 g/mol. The molecule has 5 heteroatoms. The van der Waals surface area contributed by atoms with Crippen molar-refractivity contribution in [1.82, 2.24) is 15.1 Å². The van der Waals surface area contributed by atoms with Gasteiger partial charge in [-0.1, -0.05) is 32.0 Å². The van der Waals surface area contributed by atoms with Crippen LogP contribution in [0.15, 0.2) is 29.1 Å². The monoisotopic (exact) mass is 285 g/mol. The Morgan fingerprint density at radius 1 is 1.33 bits per heavy atom. The molecule has 1 unspecified atom stereocenters. The third-order valence-electron chi connectivity index (χ3n) is 4.35. The lowest BCUT2D eigenvalue weighted by Gasteiger charge is -2.18. The van der Waals surface area contributed by atoms with Crippen LogP contribution < -0.4 is 5.56 Å². The molecule has 0 aliphatic carbocycles. The molecular formula is C16H19N3O2. The fourth-order valence-corrected chi connectivity index (χ4v) is 2.94. The second-order valence-corrected chi connectivity index (χ2v) is 5.99. The number of benzene rings is 1. The summed E-state index contributed by atoms with van der Waals surface area (Å²) in [7, 11) is 0. The lowest BCUT2D eigenvalue weighted by atomic mass is 9.95. The van der Waals surface area contributed by atoms with Crippen molar-refractivity contribution in [3.8, 4) is 0 Å². The van der Waals surface area contributed by atoms with Gasteiger partial charge in [-0.05, 0) is 24.3 Å². The first-order valence-electron chi connectivity index (χ1n) is 7.34. The summed E-state index contributed by atoms with van der Waals surface area (Å²) in [6.07, 6.45) is 1.03. The van der Waals surface area contributed by atoms with E-state index in [-0.39, 0.29) is 11.5 Å². The molecule has 2 aromatic rings. The summed E-state index contributed by atoms with van der Waals surface area (Å²) >= 11 is 0. The highest BCUT2D eigenvalue weighted by molar-refractivity contribution is 6.04. The number of nitrogens with one attached hydrogen (secondary N) is 1. The zero-order valence-electron chi connectivity index (χ0n) is 12.3. The van der Waals surface area contributed by atoms with Crippen LogP contribution in [-0.4, -0.2) is 34.1 Å². The third kappa shape index (κ3) is 2.44. The molecule has 1 N–H and O–H groups in total. The molecule has 0 bridgehead atoms. The zero-order chi connectivity index (χ0) is 15.0. The van der Waals surface area contributed by atoms with Gasteiger partial charge in [-0.15, -0.1) is 0 Å². The average Bonchev–Trinajstić information content (AvgIpc) is 2.97. The van der Waals surface area contributed by atoms with E-state index in [0.29, 0.717) is 28.3 Å². The summed E-state index contributed by atoms with van der Waals surface area (Å²) in [5, 5.41) is 7.55. The van der Waals surface area contributed by atoms with E-state index in [4.69, 9.17) is 0 Å². The number of hydrogen-bond acceptors (Lipinski definition) is 3. The van der Waals surface area contributed by atoms with Crippen molar-refractivity contribution >= 4 is 16.7 Å². The number of aromatic nitrogens is 2. The number of carbonyl (C=O) groups is 1. The van der Waals surface area contributed by atoms with Gasteiger partial charge in [-0.3, -0.25) is 9.59 Å². The lowest BCUT2D eigenvalue weighted by molar-refractivity contribution is 0.0779. The van der Waals surface area contributed by atoms with E-state index >= 15 is 0 Å². The van der Waals surface area contributed by atoms with Crippen LogP contribution in [0.2, 0.25) is 0 Å². The molecule has 1 atom stereocenters. The van der Waals surface area contributed by atoms with Crippen LogP contribution in [0.1, 0.15) is 30.8 Å². The van der Waals surface area contributed by atoms with Crippen LogP contribution in [0, 0.1) is 11.8 Å². The van der Waals surface area contributed by atoms with Crippen molar-refractivity contribution < 1.29 is 4.79 Å². The molecule has 0 radical (unpaired) electrons. The maximum Gasteiger partial charge on any atom is 0.274 e. The first-order chi connectivity index (χ1) is 10.1. The summed E-state index contributed by atoms with van der Waals surface area (Å²) in [6, 6.07) is 7.10. The minimum atomic E-state index is -0.261. The molecule has 110 valence electrons. The Bertz CT molecular complexity index is 736. The minimum Gasteiger partial charge on any atom is -0.337 e. The van der Waals surface area contributed by atoms with Crippen LogP contribution in [0.5, 0.6) is 0 Å². The fourth-order valence-electron chi connectivity index (χ4n) is 2.94. The van der Waals surface area contributed by atoms with E-state index in [1.54, 1.807) is 18.2 Å².